The van der Waals surface area contributed by atoms with Gasteiger partial charge < -0.3 is 16.0 Å². The van der Waals surface area contributed by atoms with E-state index in [4.69, 9.17) is 5.73 Å². The summed E-state index contributed by atoms with van der Waals surface area (Å²) in [6.07, 6.45) is 0. The van der Waals surface area contributed by atoms with E-state index < -0.39 is 11.8 Å². The molecule has 1 aromatic rings. The number of nitrogens with zero attached hydrogens (tertiary/aromatic N) is 2. The largest absolute Gasteiger partial charge is 0.332 e. The topological polar surface area (TPSA) is 78.7 Å². The van der Waals surface area contributed by atoms with Gasteiger partial charge in [-0.15, -0.1) is 0 Å². The Bertz CT molecular complexity index is 510. The fourth-order valence-corrected chi connectivity index (χ4v) is 2.41. The van der Waals surface area contributed by atoms with Crippen molar-refractivity contribution in [2.75, 3.05) is 44.6 Å². The second-order valence-electron chi connectivity index (χ2n) is 5.25. The first-order valence-electron chi connectivity index (χ1n) is 7.19. The molecule has 0 aromatic heterocycles. The average molecular weight is 290 g/mol. The van der Waals surface area contributed by atoms with Gasteiger partial charge in [-0.2, -0.15) is 0 Å². The summed E-state index contributed by atoms with van der Waals surface area (Å²) in [4.78, 5) is 27.9. The first-order chi connectivity index (χ1) is 10.1. The van der Waals surface area contributed by atoms with E-state index in [2.05, 4.69) is 10.2 Å². The lowest BCUT2D eigenvalue weighted by atomic mass is 10.2. The molecule has 1 aromatic carbocycles. The van der Waals surface area contributed by atoms with Gasteiger partial charge in [-0.25, -0.2) is 0 Å². The van der Waals surface area contributed by atoms with Gasteiger partial charge in [0.1, 0.15) is 0 Å². The molecule has 2 amide bonds. The molecule has 0 bridgehead atoms. The van der Waals surface area contributed by atoms with Crippen molar-refractivity contribution >= 4 is 17.5 Å². The average Bonchev–Trinajstić information content (AvgIpc) is 2.47. The van der Waals surface area contributed by atoms with Crippen LogP contribution in [0.25, 0.3) is 0 Å². The Balaban J connectivity index is 1.87. The lowest BCUT2D eigenvalue weighted by Crippen LogP contribution is -2.52. The highest BCUT2D eigenvalue weighted by Crippen LogP contribution is 2.10. The van der Waals surface area contributed by atoms with Gasteiger partial charge in [0.05, 0.1) is 0 Å². The zero-order valence-corrected chi connectivity index (χ0v) is 12.3. The molecule has 114 valence electrons. The standard InChI is InChI=1S/C15H22N4O2/c1-12-3-2-4-13(11-12)17-14(20)15(21)19-9-7-18(6-5-16)8-10-19/h2-4,11H,5-10,16H2,1H3,(H,17,20). The maximum atomic E-state index is 12.1. The Hall–Kier alpha value is -1.92. The Labute approximate surface area is 124 Å². The zero-order valence-electron chi connectivity index (χ0n) is 12.3. The predicted octanol–water partition coefficient (Wildman–Crippen LogP) is 0.0364. The number of carbonyl (C=O) groups excluding carboxylic acids is 2. The molecule has 0 spiro atoms. The number of aryl methyl sites for hydroxylation is 1. The number of amides is 2. The molecule has 6 heteroatoms. The summed E-state index contributed by atoms with van der Waals surface area (Å²) in [5, 5.41) is 2.65. The van der Waals surface area contributed by atoms with Crippen molar-refractivity contribution < 1.29 is 9.59 Å². The van der Waals surface area contributed by atoms with Crippen molar-refractivity contribution in [1.82, 2.24) is 9.80 Å². The third-order valence-electron chi connectivity index (χ3n) is 3.58. The smallest absolute Gasteiger partial charge is 0.313 e. The molecule has 0 aliphatic carbocycles. The van der Waals surface area contributed by atoms with E-state index in [1.807, 2.05) is 25.1 Å². The second-order valence-corrected chi connectivity index (χ2v) is 5.25. The molecule has 1 saturated heterocycles. The SMILES string of the molecule is Cc1cccc(NC(=O)C(=O)N2CCN(CCN)CC2)c1. The molecule has 1 fully saturated rings. The van der Waals surface area contributed by atoms with Crippen LogP contribution in [0.5, 0.6) is 0 Å². The van der Waals surface area contributed by atoms with E-state index in [1.54, 1.807) is 11.0 Å². The van der Waals surface area contributed by atoms with Crippen LogP contribution in [0.2, 0.25) is 0 Å². The Morgan fingerprint density at radius 3 is 2.57 bits per heavy atom. The summed E-state index contributed by atoms with van der Waals surface area (Å²) in [5.74, 6) is -1.04. The van der Waals surface area contributed by atoms with Crippen LogP contribution < -0.4 is 11.1 Å². The van der Waals surface area contributed by atoms with Crippen molar-refractivity contribution in [2.24, 2.45) is 5.73 Å². The van der Waals surface area contributed by atoms with Gasteiger partial charge in [-0.3, -0.25) is 14.5 Å². The number of hydrogen-bond acceptors (Lipinski definition) is 4. The maximum absolute atomic E-state index is 12.1. The molecule has 1 heterocycles. The van der Waals surface area contributed by atoms with Gasteiger partial charge in [-0.1, -0.05) is 12.1 Å². The molecular formula is C15H22N4O2. The van der Waals surface area contributed by atoms with Crippen LogP contribution in [0.4, 0.5) is 5.69 Å². The Morgan fingerprint density at radius 2 is 1.95 bits per heavy atom. The van der Waals surface area contributed by atoms with Crippen molar-refractivity contribution in [3.05, 3.63) is 29.8 Å². The lowest BCUT2D eigenvalue weighted by Gasteiger charge is -2.34. The van der Waals surface area contributed by atoms with Crippen LogP contribution in [0.15, 0.2) is 24.3 Å². The van der Waals surface area contributed by atoms with Gasteiger partial charge >= 0.3 is 11.8 Å². The van der Waals surface area contributed by atoms with Gasteiger partial charge in [0.2, 0.25) is 0 Å². The van der Waals surface area contributed by atoms with Gasteiger partial charge in [0.15, 0.2) is 0 Å². The quantitative estimate of drug-likeness (QED) is 0.770. The van der Waals surface area contributed by atoms with E-state index in [0.717, 1.165) is 25.2 Å². The molecule has 0 atom stereocenters. The molecule has 3 N–H and O–H groups in total. The zero-order chi connectivity index (χ0) is 15.2. The summed E-state index contributed by atoms with van der Waals surface area (Å²) in [6.45, 7) is 6.05. The van der Waals surface area contributed by atoms with Gasteiger partial charge in [0, 0.05) is 45.0 Å². The summed E-state index contributed by atoms with van der Waals surface area (Å²) < 4.78 is 0. The molecule has 21 heavy (non-hydrogen) atoms. The van der Waals surface area contributed by atoms with E-state index in [1.165, 1.54) is 0 Å². The van der Waals surface area contributed by atoms with Crippen molar-refractivity contribution in [3.63, 3.8) is 0 Å². The van der Waals surface area contributed by atoms with Crippen LogP contribution >= 0.6 is 0 Å². The third-order valence-corrected chi connectivity index (χ3v) is 3.58. The molecular weight excluding hydrogens is 268 g/mol. The first-order valence-corrected chi connectivity index (χ1v) is 7.19. The summed E-state index contributed by atoms with van der Waals surface area (Å²) in [7, 11) is 0. The number of piperazine rings is 1. The molecule has 1 aliphatic heterocycles. The van der Waals surface area contributed by atoms with Crippen LogP contribution in [0.1, 0.15) is 5.56 Å². The fraction of sp³-hybridized carbons (Fsp3) is 0.467. The summed E-state index contributed by atoms with van der Waals surface area (Å²) in [5.41, 5.74) is 7.20. The van der Waals surface area contributed by atoms with Crippen molar-refractivity contribution in [1.29, 1.82) is 0 Å². The number of rotatable bonds is 3. The minimum Gasteiger partial charge on any atom is -0.332 e. The van der Waals surface area contributed by atoms with Crippen LogP contribution in [-0.2, 0) is 9.59 Å². The maximum Gasteiger partial charge on any atom is 0.313 e. The van der Waals surface area contributed by atoms with Crippen LogP contribution in [0.3, 0.4) is 0 Å². The van der Waals surface area contributed by atoms with Crippen LogP contribution in [-0.4, -0.2) is 60.9 Å². The number of nitrogens with two attached hydrogens (primary N) is 1. The highest BCUT2D eigenvalue weighted by Gasteiger charge is 2.25. The minimum absolute atomic E-state index is 0.469. The number of anilines is 1. The molecule has 6 nitrogen and oxygen atoms in total. The number of nitrogens with one attached hydrogen (secondary N) is 1. The fourth-order valence-electron chi connectivity index (χ4n) is 2.41. The minimum atomic E-state index is -0.576. The summed E-state index contributed by atoms with van der Waals surface area (Å²) in [6, 6.07) is 7.40. The van der Waals surface area contributed by atoms with Crippen molar-refractivity contribution in [2.45, 2.75) is 6.92 Å². The Morgan fingerprint density at radius 1 is 1.24 bits per heavy atom. The monoisotopic (exact) mass is 290 g/mol. The first kappa shape index (κ1) is 15.5. The normalized spacial score (nSPS) is 15.8. The van der Waals surface area contributed by atoms with Crippen LogP contribution in [0, 0.1) is 6.92 Å². The molecule has 0 radical (unpaired) electrons. The van der Waals surface area contributed by atoms with Gasteiger partial charge in [-0.05, 0) is 24.6 Å². The predicted molar refractivity (Wildman–Crippen MR) is 81.9 cm³/mol. The highest BCUT2D eigenvalue weighted by molar-refractivity contribution is 6.39. The molecule has 2 rings (SSSR count). The number of hydrogen-bond donors (Lipinski definition) is 2. The van der Waals surface area contributed by atoms with Gasteiger partial charge in [0.25, 0.3) is 0 Å². The molecule has 0 saturated carbocycles. The third kappa shape index (κ3) is 4.27. The van der Waals surface area contributed by atoms with E-state index in [9.17, 15) is 9.59 Å². The summed E-state index contributed by atoms with van der Waals surface area (Å²) >= 11 is 0. The Kier molecular flexibility index (Phi) is 5.30. The number of benzene rings is 1. The molecule has 0 unspecified atom stereocenters. The van der Waals surface area contributed by atoms with E-state index in [0.29, 0.717) is 25.3 Å². The highest BCUT2D eigenvalue weighted by atomic mass is 16.2. The number of carbonyl (C=O) groups is 2. The molecule has 1 aliphatic rings. The second kappa shape index (κ2) is 7.19. The van der Waals surface area contributed by atoms with E-state index >= 15 is 0 Å². The van der Waals surface area contributed by atoms with E-state index in [-0.39, 0.29) is 0 Å². The lowest BCUT2D eigenvalue weighted by molar-refractivity contribution is -0.144. The van der Waals surface area contributed by atoms with Crippen molar-refractivity contribution in [3.8, 4) is 0 Å².